The number of halogens is 1. The van der Waals surface area contributed by atoms with Crippen LogP contribution in [0.4, 0.5) is 23.3 Å². The third-order valence-corrected chi connectivity index (χ3v) is 6.87. The molecule has 1 saturated heterocycles. The first kappa shape index (κ1) is 21.2. The Bertz CT molecular complexity index is 1110. The number of rotatable bonds is 6. The molecule has 8 heteroatoms. The molecule has 0 atom stereocenters. The molecule has 0 spiro atoms. The Labute approximate surface area is 194 Å². The summed E-state index contributed by atoms with van der Waals surface area (Å²) in [5, 5.41) is 14.0. The molecule has 7 nitrogen and oxygen atoms in total. The second kappa shape index (κ2) is 8.71. The number of piperidine rings is 1. The van der Waals surface area contributed by atoms with Crippen LogP contribution in [-0.2, 0) is 0 Å². The Morgan fingerprint density at radius 3 is 2.47 bits per heavy atom. The Morgan fingerprint density at radius 2 is 1.78 bits per heavy atom. The van der Waals surface area contributed by atoms with Crippen LogP contribution in [0.15, 0.2) is 24.4 Å². The van der Waals surface area contributed by atoms with E-state index in [0.717, 1.165) is 17.4 Å². The van der Waals surface area contributed by atoms with Crippen LogP contribution in [0.25, 0.3) is 0 Å². The summed E-state index contributed by atoms with van der Waals surface area (Å²) in [7, 11) is 0. The number of benzene rings is 1. The third kappa shape index (κ3) is 4.59. The van der Waals surface area contributed by atoms with Crippen LogP contribution >= 0.6 is 11.6 Å². The summed E-state index contributed by atoms with van der Waals surface area (Å²) >= 11 is 6.30. The van der Waals surface area contributed by atoms with Crippen molar-refractivity contribution < 1.29 is 0 Å². The standard InChI is InChI=1S/C24H30ClN7/c1-14-11-21(15(2)10-19(14)17-6-8-32(9-7-17)18-4-5-18)27-24-26-13-20(25)23(29-24)28-22-12-16(3)30-31-22/h10-13,17-18H,4-9H2,1-3H3,(H3,26,27,28,29,30,31). The second-order valence-electron chi connectivity index (χ2n) is 9.14. The average Bonchev–Trinajstić information content (AvgIpc) is 3.55. The molecule has 0 radical (unpaired) electrons. The van der Waals surface area contributed by atoms with Gasteiger partial charge in [0.15, 0.2) is 11.6 Å². The number of hydrogen-bond acceptors (Lipinski definition) is 6. The minimum absolute atomic E-state index is 0.442. The smallest absolute Gasteiger partial charge is 0.229 e. The van der Waals surface area contributed by atoms with Gasteiger partial charge in [-0.25, -0.2) is 4.98 Å². The van der Waals surface area contributed by atoms with Gasteiger partial charge in [-0.1, -0.05) is 17.7 Å². The highest BCUT2D eigenvalue weighted by Crippen LogP contribution is 2.37. The highest BCUT2D eigenvalue weighted by molar-refractivity contribution is 6.32. The molecule has 0 unspecified atom stereocenters. The van der Waals surface area contributed by atoms with Crippen molar-refractivity contribution in [3.63, 3.8) is 0 Å². The fraction of sp³-hybridized carbons (Fsp3) is 0.458. The lowest BCUT2D eigenvalue weighted by atomic mass is 9.85. The zero-order valence-corrected chi connectivity index (χ0v) is 19.6. The van der Waals surface area contributed by atoms with E-state index in [1.165, 1.54) is 55.5 Å². The summed E-state index contributed by atoms with van der Waals surface area (Å²) in [5.41, 5.74) is 5.98. The van der Waals surface area contributed by atoms with Crippen LogP contribution in [0.3, 0.4) is 0 Å². The van der Waals surface area contributed by atoms with Crippen molar-refractivity contribution in [3.05, 3.63) is 51.8 Å². The van der Waals surface area contributed by atoms with Gasteiger partial charge in [-0.15, -0.1) is 0 Å². The maximum Gasteiger partial charge on any atom is 0.229 e. The minimum atomic E-state index is 0.442. The third-order valence-electron chi connectivity index (χ3n) is 6.59. The Hall–Kier alpha value is -2.64. The van der Waals surface area contributed by atoms with Crippen LogP contribution < -0.4 is 10.6 Å². The van der Waals surface area contributed by atoms with Gasteiger partial charge in [0.1, 0.15) is 5.02 Å². The predicted molar refractivity (Wildman–Crippen MR) is 129 cm³/mol. The molecule has 3 aromatic rings. The summed E-state index contributed by atoms with van der Waals surface area (Å²) in [6, 6.07) is 7.34. The molecule has 1 aromatic carbocycles. The van der Waals surface area contributed by atoms with Gasteiger partial charge in [0.2, 0.25) is 5.95 Å². The number of nitrogens with one attached hydrogen (secondary N) is 3. The van der Waals surface area contributed by atoms with Crippen LogP contribution in [0.2, 0.25) is 5.02 Å². The maximum absolute atomic E-state index is 6.30. The van der Waals surface area contributed by atoms with Crippen LogP contribution in [0.5, 0.6) is 0 Å². The molecule has 1 aliphatic heterocycles. The maximum atomic E-state index is 6.30. The lowest BCUT2D eigenvalue weighted by molar-refractivity contribution is 0.203. The molecular weight excluding hydrogens is 422 g/mol. The first-order chi connectivity index (χ1) is 15.5. The molecule has 0 bridgehead atoms. The molecule has 1 aliphatic carbocycles. The lowest BCUT2D eigenvalue weighted by Gasteiger charge is -2.33. The van der Waals surface area contributed by atoms with Gasteiger partial charge in [0.25, 0.3) is 0 Å². The molecular formula is C24H30ClN7. The second-order valence-corrected chi connectivity index (χ2v) is 9.55. The van der Waals surface area contributed by atoms with Crippen LogP contribution in [-0.4, -0.2) is 44.2 Å². The quantitative estimate of drug-likeness (QED) is 0.452. The van der Waals surface area contributed by atoms with Crippen molar-refractivity contribution in [1.82, 2.24) is 25.1 Å². The Balaban J connectivity index is 1.31. The number of likely N-dealkylation sites (tertiary alicyclic amines) is 1. The highest BCUT2D eigenvalue weighted by Gasteiger charge is 2.32. The van der Waals surface area contributed by atoms with Gasteiger partial charge in [-0.05, 0) is 88.2 Å². The molecule has 3 heterocycles. The topological polar surface area (TPSA) is 81.8 Å². The monoisotopic (exact) mass is 451 g/mol. The summed E-state index contributed by atoms with van der Waals surface area (Å²) in [5.74, 6) is 2.33. The summed E-state index contributed by atoms with van der Waals surface area (Å²) in [6.45, 7) is 8.77. The van der Waals surface area contributed by atoms with Gasteiger partial charge in [0, 0.05) is 23.5 Å². The van der Waals surface area contributed by atoms with E-state index in [0.29, 0.717) is 28.5 Å². The largest absolute Gasteiger partial charge is 0.324 e. The normalized spacial score (nSPS) is 17.5. The van der Waals surface area contributed by atoms with Gasteiger partial charge < -0.3 is 15.5 Å². The number of aryl methyl sites for hydroxylation is 3. The van der Waals surface area contributed by atoms with Crippen molar-refractivity contribution in [2.75, 3.05) is 23.7 Å². The van der Waals surface area contributed by atoms with Crippen molar-refractivity contribution in [2.45, 2.75) is 58.4 Å². The van der Waals surface area contributed by atoms with E-state index in [9.17, 15) is 0 Å². The highest BCUT2D eigenvalue weighted by atomic mass is 35.5. The number of hydrogen-bond donors (Lipinski definition) is 3. The summed E-state index contributed by atoms with van der Waals surface area (Å²) < 4.78 is 0. The number of H-pyrrole nitrogens is 1. The summed E-state index contributed by atoms with van der Waals surface area (Å²) in [6.07, 6.45) is 6.91. The molecule has 2 fully saturated rings. The zero-order valence-electron chi connectivity index (χ0n) is 18.9. The first-order valence-electron chi connectivity index (χ1n) is 11.4. The lowest BCUT2D eigenvalue weighted by Crippen LogP contribution is -2.34. The van der Waals surface area contributed by atoms with E-state index in [4.69, 9.17) is 11.6 Å². The van der Waals surface area contributed by atoms with E-state index < -0.39 is 0 Å². The Morgan fingerprint density at radius 1 is 1.00 bits per heavy atom. The molecule has 32 heavy (non-hydrogen) atoms. The van der Waals surface area contributed by atoms with E-state index in [2.05, 4.69) is 61.7 Å². The molecule has 5 rings (SSSR count). The van der Waals surface area contributed by atoms with E-state index in [1.807, 2.05) is 13.0 Å². The van der Waals surface area contributed by atoms with Gasteiger partial charge in [-0.3, -0.25) is 5.10 Å². The summed E-state index contributed by atoms with van der Waals surface area (Å²) in [4.78, 5) is 11.6. The van der Waals surface area contributed by atoms with E-state index in [1.54, 1.807) is 6.20 Å². The fourth-order valence-electron chi connectivity index (χ4n) is 4.67. The van der Waals surface area contributed by atoms with Gasteiger partial charge in [-0.2, -0.15) is 10.1 Å². The molecule has 3 N–H and O–H groups in total. The molecule has 168 valence electrons. The minimum Gasteiger partial charge on any atom is -0.324 e. The first-order valence-corrected chi connectivity index (χ1v) is 11.8. The van der Waals surface area contributed by atoms with Crippen molar-refractivity contribution >= 4 is 34.9 Å². The zero-order chi connectivity index (χ0) is 22.2. The van der Waals surface area contributed by atoms with Gasteiger partial charge >= 0.3 is 0 Å². The molecule has 1 saturated carbocycles. The molecule has 2 aromatic heterocycles. The van der Waals surface area contributed by atoms with Crippen molar-refractivity contribution in [3.8, 4) is 0 Å². The fourth-order valence-corrected chi connectivity index (χ4v) is 4.81. The van der Waals surface area contributed by atoms with E-state index in [-0.39, 0.29) is 0 Å². The SMILES string of the molecule is Cc1cc(Nc2nc(Nc3cc(C)c(C4CCN(C5CC5)CC4)cc3C)ncc2Cl)n[nH]1. The predicted octanol–water partition coefficient (Wildman–Crippen LogP) is 5.61. The molecule has 2 aliphatic rings. The number of aromatic amines is 1. The average molecular weight is 452 g/mol. The van der Waals surface area contributed by atoms with Crippen molar-refractivity contribution in [2.24, 2.45) is 0 Å². The number of anilines is 4. The van der Waals surface area contributed by atoms with Crippen molar-refractivity contribution in [1.29, 1.82) is 0 Å². The van der Waals surface area contributed by atoms with Crippen LogP contribution in [0, 0.1) is 20.8 Å². The Kier molecular flexibility index (Phi) is 5.78. The number of nitrogens with zero attached hydrogens (tertiary/aromatic N) is 4. The number of aromatic nitrogens is 4. The van der Waals surface area contributed by atoms with Gasteiger partial charge in [0.05, 0.1) is 6.20 Å². The van der Waals surface area contributed by atoms with E-state index >= 15 is 0 Å². The van der Waals surface area contributed by atoms with Crippen LogP contribution in [0.1, 0.15) is 54.0 Å². The molecule has 0 amide bonds.